The molecular weight excluding hydrogens is 721 g/mol. The minimum absolute atomic E-state index is 0.220. The van der Waals surface area contributed by atoms with E-state index >= 15 is 0 Å². The van der Waals surface area contributed by atoms with Crippen LogP contribution < -0.4 is 4.74 Å². The molecular formula is C25H14Br3Cl2NO4S. The Labute approximate surface area is 246 Å². The van der Waals surface area contributed by atoms with E-state index in [1.807, 2.05) is 0 Å². The van der Waals surface area contributed by atoms with Crippen molar-refractivity contribution in [3.05, 3.63) is 99.7 Å². The highest BCUT2D eigenvalue weighted by atomic mass is 79.9. The Hall–Kier alpha value is -1.62. The average Bonchev–Trinajstić information content (AvgIpc) is 3.07. The summed E-state index contributed by atoms with van der Waals surface area (Å²) in [6, 6.07) is 15.4. The molecule has 2 amide bonds. The van der Waals surface area contributed by atoms with Gasteiger partial charge in [-0.2, -0.15) is 0 Å². The Morgan fingerprint density at radius 2 is 1.64 bits per heavy atom. The van der Waals surface area contributed by atoms with Gasteiger partial charge in [0.2, 0.25) is 0 Å². The number of halogens is 5. The molecule has 0 atom stereocenters. The molecule has 0 radical (unpaired) electrons. The van der Waals surface area contributed by atoms with E-state index in [9.17, 15) is 14.4 Å². The third kappa shape index (κ3) is 6.44. The molecule has 1 aliphatic rings. The fraction of sp³-hybridized carbons (Fsp3) is 0.0800. The minimum atomic E-state index is -0.514. The van der Waals surface area contributed by atoms with Crippen molar-refractivity contribution in [2.75, 3.05) is 6.54 Å². The molecule has 5 nitrogen and oxygen atoms in total. The molecule has 0 bridgehead atoms. The number of nitrogens with zero attached hydrogens (tertiary/aromatic N) is 1. The fourth-order valence-electron chi connectivity index (χ4n) is 3.25. The number of thioether (sulfide) groups is 1. The van der Waals surface area contributed by atoms with Gasteiger partial charge in [-0.3, -0.25) is 19.3 Å². The number of carbonyl (C=O) groups excluding carboxylic acids is 3. The fourth-order valence-corrected chi connectivity index (χ4v) is 6.26. The van der Waals surface area contributed by atoms with Crippen LogP contribution in [0.5, 0.6) is 5.75 Å². The van der Waals surface area contributed by atoms with Crippen molar-refractivity contribution >= 4 is 106 Å². The summed E-state index contributed by atoms with van der Waals surface area (Å²) in [5.74, 6) is -0.286. The van der Waals surface area contributed by atoms with Crippen molar-refractivity contribution in [3.8, 4) is 5.75 Å². The van der Waals surface area contributed by atoms with E-state index in [4.69, 9.17) is 27.9 Å². The molecule has 0 saturated carbocycles. The second-order valence-corrected chi connectivity index (χ2v) is 12.0. The molecule has 1 aliphatic heterocycles. The van der Waals surface area contributed by atoms with Crippen LogP contribution in [0.2, 0.25) is 10.0 Å². The lowest BCUT2D eigenvalue weighted by Crippen LogP contribution is -2.33. The highest BCUT2D eigenvalue weighted by Crippen LogP contribution is 2.38. The van der Waals surface area contributed by atoms with Crippen LogP contribution >= 0.6 is 82.8 Å². The van der Waals surface area contributed by atoms with Crippen molar-refractivity contribution in [2.24, 2.45) is 0 Å². The van der Waals surface area contributed by atoms with Crippen LogP contribution in [0.1, 0.15) is 21.5 Å². The summed E-state index contributed by atoms with van der Waals surface area (Å²) in [6.07, 6.45) is 1.60. The van der Waals surface area contributed by atoms with Gasteiger partial charge in [-0.25, -0.2) is 0 Å². The Kier molecular flexibility index (Phi) is 9.01. The largest absolute Gasteiger partial charge is 0.486 e. The summed E-state index contributed by atoms with van der Waals surface area (Å²) in [5, 5.41) is 0.549. The van der Waals surface area contributed by atoms with Gasteiger partial charge in [-0.05, 0) is 91.7 Å². The van der Waals surface area contributed by atoms with Crippen LogP contribution in [0.15, 0.2) is 72.9 Å². The summed E-state index contributed by atoms with van der Waals surface area (Å²) in [7, 11) is 0. The van der Waals surface area contributed by atoms with E-state index < -0.39 is 11.1 Å². The zero-order valence-electron chi connectivity index (χ0n) is 18.1. The van der Waals surface area contributed by atoms with Crippen molar-refractivity contribution in [2.45, 2.75) is 6.61 Å². The van der Waals surface area contributed by atoms with E-state index in [0.29, 0.717) is 35.9 Å². The Balaban J connectivity index is 1.48. The summed E-state index contributed by atoms with van der Waals surface area (Å²) in [6.45, 7) is -0.102. The summed E-state index contributed by atoms with van der Waals surface area (Å²) >= 11 is 23.3. The molecule has 0 N–H and O–H groups in total. The van der Waals surface area contributed by atoms with Crippen molar-refractivity contribution in [1.82, 2.24) is 4.90 Å². The normalized spacial score (nSPS) is 14.6. The number of rotatable bonds is 7. The van der Waals surface area contributed by atoms with E-state index in [2.05, 4.69) is 47.8 Å². The van der Waals surface area contributed by atoms with E-state index in [-0.39, 0.29) is 23.8 Å². The first-order valence-electron chi connectivity index (χ1n) is 10.2. The van der Waals surface area contributed by atoms with Gasteiger partial charge >= 0.3 is 0 Å². The third-order valence-electron chi connectivity index (χ3n) is 5.05. The predicted molar refractivity (Wildman–Crippen MR) is 154 cm³/mol. The first-order chi connectivity index (χ1) is 17.1. The monoisotopic (exact) mass is 731 g/mol. The van der Waals surface area contributed by atoms with E-state index in [1.54, 1.807) is 60.7 Å². The molecule has 36 heavy (non-hydrogen) atoms. The summed E-state index contributed by atoms with van der Waals surface area (Å²) < 4.78 is 8.03. The molecule has 1 fully saturated rings. The number of ketones is 1. The molecule has 0 spiro atoms. The molecule has 184 valence electrons. The third-order valence-corrected chi connectivity index (χ3v) is 8.25. The predicted octanol–water partition coefficient (Wildman–Crippen LogP) is 8.78. The minimum Gasteiger partial charge on any atom is -0.486 e. The SMILES string of the molecule is O=C(CN1C(=O)S/C(=C/c2cc(Br)c(OCc3ccc(Cl)cc3Cl)c(Br)c2)C1=O)c1ccc(Br)cc1. The van der Waals surface area contributed by atoms with Gasteiger partial charge in [0, 0.05) is 25.6 Å². The quantitative estimate of drug-likeness (QED) is 0.180. The van der Waals surface area contributed by atoms with Gasteiger partial charge in [0.15, 0.2) is 5.78 Å². The van der Waals surface area contributed by atoms with Crippen LogP contribution in [0.3, 0.4) is 0 Å². The van der Waals surface area contributed by atoms with E-state index in [0.717, 1.165) is 26.7 Å². The molecule has 11 heteroatoms. The molecule has 1 heterocycles. The number of imide groups is 1. The topological polar surface area (TPSA) is 63.7 Å². The van der Waals surface area contributed by atoms with Gasteiger partial charge in [0.1, 0.15) is 12.4 Å². The second-order valence-electron chi connectivity index (χ2n) is 7.54. The molecule has 4 rings (SSSR count). The summed E-state index contributed by atoms with van der Waals surface area (Å²) in [4.78, 5) is 39.1. The molecule has 0 aliphatic carbocycles. The van der Waals surface area contributed by atoms with Crippen molar-refractivity contribution in [3.63, 3.8) is 0 Å². The van der Waals surface area contributed by atoms with E-state index in [1.165, 1.54) is 0 Å². The number of ether oxygens (including phenoxy) is 1. The van der Waals surface area contributed by atoms with Crippen LogP contribution in [0.25, 0.3) is 6.08 Å². The molecule has 0 aromatic heterocycles. The van der Waals surface area contributed by atoms with Gasteiger partial charge in [-0.15, -0.1) is 0 Å². The Morgan fingerprint density at radius 1 is 0.972 bits per heavy atom. The molecule has 3 aromatic rings. The van der Waals surface area contributed by atoms with Gasteiger partial charge in [0.25, 0.3) is 11.1 Å². The number of Topliss-reactive ketones (excluding diaryl/α,β-unsaturated/α-hetero) is 1. The molecule has 1 saturated heterocycles. The lowest BCUT2D eigenvalue weighted by atomic mass is 10.1. The maximum atomic E-state index is 12.9. The maximum Gasteiger partial charge on any atom is 0.293 e. The molecule has 0 unspecified atom stereocenters. The number of hydrogen-bond acceptors (Lipinski definition) is 5. The van der Waals surface area contributed by atoms with Crippen LogP contribution in [0.4, 0.5) is 4.79 Å². The number of carbonyl (C=O) groups is 3. The lowest BCUT2D eigenvalue weighted by molar-refractivity contribution is -0.122. The Morgan fingerprint density at radius 3 is 2.28 bits per heavy atom. The average molecular weight is 735 g/mol. The summed E-state index contributed by atoms with van der Waals surface area (Å²) in [5.41, 5.74) is 1.86. The van der Waals surface area contributed by atoms with Gasteiger partial charge in [-0.1, -0.05) is 57.3 Å². The highest BCUT2D eigenvalue weighted by molar-refractivity contribution is 9.11. The highest BCUT2D eigenvalue weighted by Gasteiger charge is 2.36. The first kappa shape index (κ1) is 27.4. The van der Waals surface area contributed by atoms with Crippen LogP contribution in [-0.2, 0) is 11.4 Å². The number of benzene rings is 3. The standard InChI is InChI=1S/C25H14Br3Cl2NO4S/c26-16-4-1-14(2-5-16)21(32)11-31-24(33)22(36-25(31)34)9-13-7-18(27)23(19(28)8-13)35-12-15-3-6-17(29)10-20(15)30/h1-10H,11-12H2/b22-9+. The lowest BCUT2D eigenvalue weighted by Gasteiger charge is -2.13. The van der Waals surface area contributed by atoms with Crippen LogP contribution in [-0.4, -0.2) is 28.4 Å². The van der Waals surface area contributed by atoms with Gasteiger partial charge in [0.05, 0.1) is 20.4 Å². The van der Waals surface area contributed by atoms with Crippen LogP contribution in [0, 0.1) is 0 Å². The number of amides is 2. The zero-order valence-corrected chi connectivity index (χ0v) is 25.2. The van der Waals surface area contributed by atoms with Crippen molar-refractivity contribution < 1.29 is 19.1 Å². The van der Waals surface area contributed by atoms with Crippen molar-refractivity contribution in [1.29, 1.82) is 0 Å². The Bertz CT molecular complexity index is 1390. The maximum absolute atomic E-state index is 12.9. The zero-order chi connectivity index (χ0) is 26.0. The van der Waals surface area contributed by atoms with Gasteiger partial charge < -0.3 is 4.74 Å². The number of hydrogen-bond donors (Lipinski definition) is 0. The first-order valence-corrected chi connectivity index (χ1v) is 14.2. The smallest absolute Gasteiger partial charge is 0.293 e. The molecule has 3 aromatic carbocycles. The second kappa shape index (κ2) is 11.8.